The van der Waals surface area contributed by atoms with Crippen LogP contribution in [0, 0.1) is 10.1 Å². The lowest BCUT2D eigenvalue weighted by Crippen LogP contribution is -2.42. The largest absolute Gasteiger partial charge is 0.545 e. The summed E-state index contributed by atoms with van der Waals surface area (Å²) < 4.78 is 41.9. The van der Waals surface area contributed by atoms with E-state index in [-0.39, 0.29) is 21.3 Å². The Hall–Kier alpha value is -2.85. The van der Waals surface area contributed by atoms with Gasteiger partial charge in [-0.2, -0.15) is 13.2 Å². The van der Waals surface area contributed by atoms with Crippen LogP contribution in [0.2, 0.25) is 10.0 Å². The number of halogens is 5. The second kappa shape index (κ2) is 7.20. The maximum atomic E-state index is 14.0. The van der Waals surface area contributed by atoms with Crippen molar-refractivity contribution in [1.29, 1.82) is 0 Å². The molecule has 1 atom stereocenters. The van der Waals surface area contributed by atoms with Crippen molar-refractivity contribution in [2.75, 3.05) is 0 Å². The molecule has 12 heteroatoms. The van der Waals surface area contributed by atoms with Crippen molar-refractivity contribution in [1.82, 2.24) is 0 Å². The van der Waals surface area contributed by atoms with E-state index in [9.17, 15) is 33.2 Å². The summed E-state index contributed by atoms with van der Waals surface area (Å²) in [6, 6.07) is 6.04. The van der Waals surface area contributed by atoms with Crippen molar-refractivity contribution in [3.63, 3.8) is 0 Å². The maximum Gasteiger partial charge on any atom is 0.435 e. The number of rotatable bonds is 4. The highest BCUT2D eigenvalue weighted by Gasteiger charge is 2.62. The van der Waals surface area contributed by atoms with Gasteiger partial charge in [-0.15, -0.1) is 0 Å². The highest BCUT2D eigenvalue weighted by atomic mass is 35.5. The number of carboxylic acid groups (broad SMARTS) is 1. The minimum atomic E-state index is -4.94. The smallest absolute Gasteiger partial charge is 0.435 e. The van der Waals surface area contributed by atoms with E-state index in [1.807, 2.05) is 0 Å². The Morgan fingerprint density at radius 3 is 2.31 bits per heavy atom. The monoisotopic (exact) mass is 447 g/mol. The average Bonchev–Trinajstić information content (AvgIpc) is 3.07. The average molecular weight is 448 g/mol. The summed E-state index contributed by atoms with van der Waals surface area (Å²) in [5, 5.41) is 25.5. The second-order valence-corrected chi connectivity index (χ2v) is 6.94. The van der Waals surface area contributed by atoms with Crippen LogP contribution in [0.5, 0.6) is 0 Å². The number of hydrogen-bond donors (Lipinski definition) is 0. The molecule has 0 saturated heterocycles. The Labute approximate surface area is 170 Å². The highest BCUT2D eigenvalue weighted by molar-refractivity contribution is 6.34. The zero-order valence-corrected chi connectivity index (χ0v) is 15.5. The van der Waals surface area contributed by atoms with Gasteiger partial charge in [0, 0.05) is 33.7 Å². The van der Waals surface area contributed by atoms with Gasteiger partial charge >= 0.3 is 6.18 Å². The van der Waals surface area contributed by atoms with E-state index in [0.717, 1.165) is 30.3 Å². The Balaban J connectivity index is 2.06. The molecular formula is C17H8Cl2F3N2O5-. The van der Waals surface area contributed by atoms with Crippen molar-refractivity contribution in [3.8, 4) is 0 Å². The van der Waals surface area contributed by atoms with E-state index in [1.165, 1.54) is 6.07 Å². The molecule has 152 valence electrons. The molecule has 7 nitrogen and oxygen atoms in total. The van der Waals surface area contributed by atoms with Gasteiger partial charge in [0.1, 0.15) is 0 Å². The number of carbonyl (C=O) groups excluding carboxylic acids is 1. The molecule has 0 saturated carbocycles. The van der Waals surface area contributed by atoms with Crippen molar-refractivity contribution in [3.05, 3.63) is 73.2 Å². The summed E-state index contributed by atoms with van der Waals surface area (Å²) in [5.74, 6) is -1.80. The van der Waals surface area contributed by atoms with Gasteiger partial charge in [-0.1, -0.05) is 34.4 Å². The first-order valence-corrected chi connectivity index (χ1v) is 8.49. The fourth-order valence-corrected chi connectivity index (χ4v) is 3.41. The van der Waals surface area contributed by atoms with Crippen molar-refractivity contribution < 1.29 is 32.8 Å². The summed E-state index contributed by atoms with van der Waals surface area (Å²) in [6.45, 7) is 0. The van der Waals surface area contributed by atoms with E-state index in [4.69, 9.17) is 28.0 Å². The molecule has 0 bridgehead atoms. The third kappa shape index (κ3) is 3.73. The van der Waals surface area contributed by atoms with Crippen LogP contribution in [0.1, 0.15) is 27.9 Å². The first-order chi connectivity index (χ1) is 13.4. The third-order valence-corrected chi connectivity index (χ3v) is 4.70. The SMILES string of the molecule is O=C([O-])c1ccc(C2=NOC(c3cc(Cl)cc(Cl)c3)(C(F)(F)F)C2)cc1[N+](=O)[O-]. The number of hydrogen-bond acceptors (Lipinski definition) is 6. The highest BCUT2D eigenvalue weighted by Crippen LogP contribution is 2.49. The van der Waals surface area contributed by atoms with Crippen LogP contribution in [-0.2, 0) is 10.4 Å². The van der Waals surface area contributed by atoms with Gasteiger partial charge in [-0.3, -0.25) is 10.1 Å². The van der Waals surface area contributed by atoms with Crippen LogP contribution >= 0.6 is 23.2 Å². The van der Waals surface area contributed by atoms with Crippen molar-refractivity contribution in [2.24, 2.45) is 5.16 Å². The number of carbonyl (C=O) groups is 1. The maximum absolute atomic E-state index is 14.0. The molecule has 29 heavy (non-hydrogen) atoms. The standard InChI is InChI=1S/C17H9Cl2F3N2O5/c18-10-4-9(5-11(19)6-10)16(17(20,21)22)7-13(23-29-16)8-1-2-12(15(25)26)14(3-8)24(27)28/h1-6H,7H2,(H,25,26)/p-1. The van der Waals surface area contributed by atoms with Gasteiger partial charge in [0.2, 0.25) is 0 Å². The van der Waals surface area contributed by atoms with E-state index in [2.05, 4.69) is 5.16 Å². The van der Waals surface area contributed by atoms with E-state index >= 15 is 0 Å². The number of nitro groups is 1. The van der Waals surface area contributed by atoms with Crippen LogP contribution < -0.4 is 5.11 Å². The molecule has 1 unspecified atom stereocenters. The van der Waals surface area contributed by atoms with Gasteiger partial charge in [-0.25, -0.2) is 0 Å². The van der Waals surface area contributed by atoms with Crippen LogP contribution in [0.3, 0.4) is 0 Å². The summed E-state index contributed by atoms with van der Waals surface area (Å²) >= 11 is 11.6. The quantitative estimate of drug-likeness (QED) is 0.522. The molecule has 0 radical (unpaired) electrons. The third-order valence-electron chi connectivity index (χ3n) is 4.26. The molecule has 1 aliphatic rings. The summed E-state index contributed by atoms with van der Waals surface area (Å²) in [6.07, 6.45) is -5.78. The second-order valence-electron chi connectivity index (χ2n) is 6.07. The number of alkyl halides is 3. The fraction of sp³-hybridized carbons (Fsp3) is 0.176. The Morgan fingerprint density at radius 2 is 1.79 bits per heavy atom. The number of oxime groups is 1. The molecule has 2 aromatic carbocycles. The summed E-state index contributed by atoms with van der Waals surface area (Å²) in [5.41, 5.74) is -5.27. The van der Waals surface area contributed by atoms with Gasteiger partial charge in [-0.05, 0) is 24.3 Å². The molecule has 1 aliphatic heterocycles. The van der Waals surface area contributed by atoms with Crippen molar-refractivity contribution in [2.45, 2.75) is 18.2 Å². The molecule has 0 spiro atoms. The molecule has 2 aromatic rings. The van der Waals surface area contributed by atoms with Crippen molar-refractivity contribution >= 4 is 40.6 Å². The topological polar surface area (TPSA) is 105 Å². The number of nitrogens with zero attached hydrogens (tertiary/aromatic N) is 2. The summed E-state index contributed by atoms with van der Waals surface area (Å²) in [7, 11) is 0. The Morgan fingerprint density at radius 1 is 1.17 bits per heavy atom. The van der Waals surface area contributed by atoms with E-state index < -0.39 is 45.9 Å². The first kappa shape index (κ1) is 20.9. The Bertz CT molecular complexity index is 1040. The molecule has 0 fully saturated rings. The number of aromatic carboxylic acids is 1. The lowest BCUT2D eigenvalue weighted by molar-refractivity contribution is -0.385. The van der Waals surface area contributed by atoms with Gasteiger partial charge < -0.3 is 14.7 Å². The normalized spacial score (nSPS) is 18.9. The molecular weight excluding hydrogens is 440 g/mol. The zero-order chi connectivity index (χ0) is 21.6. The predicted molar refractivity (Wildman–Crippen MR) is 93.9 cm³/mol. The van der Waals surface area contributed by atoms with Gasteiger partial charge in [0.15, 0.2) is 0 Å². The van der Waals surface area contributed by atoms with E-state index in [1.54, 1.807) is 0 Å². The number of carboxylic acids is 1. The minimum absolute atomic E-state index is 0.0536. The summed E-state index contributed by atoms with van der Waals surface area (Å²) in [4.78, 5) is 25.9. The first-order valence-electron chi connectivity index (χ1n) is 7.73. The molecule has 0 N–H and O–H groups in total. The van der Waals surface area contributed by atoms with Gasteiger partial charge in [0.25, 0.3) is 11.3 Å². The van der Waals surface area contributed by atoms with Crippen LogP contribution in [0.4, 0.5) is 18.9 Å². The number of nitro benzene ring substituents is 1. The molecule has 0 aromatic heterocycles. The lowest BCUT2D eigenvalue weighted by atomic mass is 9.86. The fourth-order valence-electron chi connectivity index (χ4n) is 2.88. The molecule has 0 aliphatic carbocycles. The van der Waals surface area contributed by atoms with Crippen LogP contribution in [0.25, 0.3) is 0 Å². The van der Waals surface area contributed by atoms with Crippen LogP contribution in [-0.4, -0.2) is 22.8 Å². The zero-order valence-electron chi connectivity index (χ0n) is 14.0. The van der Waals surface area contributed by atoms with Gasteiger partial charge in [0.05, 0.1) is 22.2 Å². The minimum Gasteiger partial charge on any atom is -0.545 e. The predicted octanol–water partition coefficient (Wildman–Crippen LogP) is 3.85. The van der Waals surface area contributed by atoms with E-state index in [0.29, 0.717) is 0 Å². The number of benzene rings is 2. The Kier molecular flexibility index (Phi) is 5.18. The van der Waals surface area contributed by atoms with Crippen LogP contribution in [0.15, 0.2) is 41.6 Å². The molecule has 3 rings (SSSR count). The lowest BCUT2D eigenvalue weighted by Gasteiger charge is -2.29. The molecule has 0 amide bonds. The molecule has 1 heterocycles.